The number of carbonyl (C=O) groups excluding carboxylic acids is 1. The predicted octanol–water partition coefficient (Wildman–Crippen LogP) is 1.91. The van der Waals surface area contributed by atoms with Gasteiger partial charge >= 0.3 is 0 Å². The van der Waals surface area contributed by atoms with E-state index in [9.17, 15) is 4.79 Å². The summed E-state index contributed by atoms with van der Waals surface area (Å²) in [6.45, 7) is 0.571. The third-order valence-electron chi connectivity index (χ3n) is 4.50. The fraction of sp³-hybridized carbons (Fsp3) is 0.571. The fourth-order valence-corrected chi connectivity index (χ4v) is 3.53. The first-order chi connectivity index (χ1) is 8.75. The minimum absolute atomic E-state index is 0. The van der Waals surface area contributed by atoms with Crippen molar-refractivity contribution >= 4 is 30.7 Å². The van der Waals surface area contributed by atoms with E-state index in [2.05, 4.69) is 10.3 Å². The molecule has 0 aliphatic heterocycles. The van der Waals surface area contributed by atoms with E-state index in [0.29, 0.717) is 18.4 Å². The summed E-state index contributed by atoms with van der Waals surface area (Å²) in [5, 5.41) is 3.01. The zero-order valence-corrected chi connectivity index (χ0v) is 12.8. The lowest BCUT2D eigenvalue weighted by Gasteiger charge is -2.27. The average molecular weight is 318 g/mol. The maximum absolute atomic E-state index is 12.2. The molecule has 0 radical (unpaired) electrons. The van der Waals surface area contributed by atoms with Gasteiger partial charge in [0.25, 0.3) is 0 Å². The van der Waals surface area contributed by atoms with Crippen LogP contribution in [-0.2, 0) is 11.3 Å². The van der Waals surface area contributed by atoms with E-state index in [1.165, 1.54) is 12.8 Å². The Morgan fingerprint density at radius 3 is 2.50 bits per heavy atom. The SMILES string of the molecule is Cl.Cl.NC1C2CCC(C2)C1C(=O)NCc1ccncc1. The van der Waals surface area contributed by atoms with Crippen molar-refractivity contribution in [3.8, 4) is 0 Å². The minimum atomic E-state index is 0. The first kappa shape index (κ1) is 17.2. The first-order valence-corrected chi connectivity index (χ1v) is 6.68. The quantitative estimate of drug-likeness (QED) is 0.894. The van der Waals surface area contributed by atoms with Gasteiger partial charge in [-0.25, -0.2) is 0 Å². The Bertz CT molecular complexity index is 441. The van der Waals surface area contributed by atoms with Gasteiger partial charge in [-0.15, -0.1) is 24.8 Å². The highest BCUT2D eigenvalue weighted by Gasteiger charge is 2.48. The molecule has 2 bridgehead atoms. The number of hydrogen-bond donors (Lipinski definition) is 2. The number of carbonyl (C=O) groups is 1. The molecule has 4 atom stereocenters. The normalized spacial score (nSPS) is 30.2. The monoisotopic (exact) mass is 317 g/mol. The van der Waals surface area contributed by atoms with Gasteiger partial charge in [-0.2, -0.15) is 0 Å². The van der Waals surface area contributed by atoms with E-state index in [0.717, 1.165) is 12.0 Å². The van der Waals surface area contributed by atoms with E-state index in [1.807, 2.05) is 12.1 Å². The van der Waals surface area contributed by atoms with Crippen LogP contribution in [0.4, 0.5) is 0 Å². The number of nitrogens with two attached hydrogens (primary N) is 1. The highest BCUT2D eigenvalue weighted by Crippen LogP contribution is 2.47. The Balaban J connectivity index is 0.000001000. The van der Waals surface area contributed by atoms with E-state index in [-0.39, 0.29) is 42.7 Å². The second kappa shape index (κ2) is 7.25. The van der Waals surface area contributed by atoms with Crippen molar-refractivity contribution in [1.29, 1.82) is 0 Å². The van der Waals surface area contributed by atoms with E-state index in [1.54, 1.807) is 12.4 Å². The molecule has 0 spiro atoms. The Morgan fingerprint density at radius 1 is 1.25 bits per heavy atom. The number of nitrogens with one attached hydrogen (secondary N) is 1. The maximum Gasteiger partial charge on any atom is 0.225 e. The predicted molar refractivity (Wildman–Crippen MR) is 82.9 cm³/mol. The number of amides is 1. The molecular formula is C14H21Cl2N3O. The van der Waals surface area contributed by atoms with Crippen LogP contribution in [0.2, 0.25) is 0 Å². The van der Waals surface area contributed by atoms with Crippen LogP contribution >= 0.6 is 24.8 Å². The summed E-state index contributed by atoms with van der Waals surface area (Å²) in [6, 6.07) is 3.91. The van der Waals surface area contributed by atoms with E-state index < -0.39 is 0 Å². The molecule has 4 unspecified atom stereocenters. The standard InChI is InChI=1S/C14H19N3O.2ClH/c15-13-11-2-1-10(7-11)12(13)14(18)17-8-9-3-5-16-6-4-9;;/h3-6,10-13H,1-2,7-8,15H2,(H,17,18);2*1H. The number of aromatic nitrogens is 1. The van der Waals surface area contributed by atoms with Gasteiger partial charge in [-0.1, -0.05) is 0 Å². The summed E-state index contributed by atoms with van der Waals surface area (Å²) in [5.74, 6) is 1.26. The third-order valence-corrected chi connectivity index (χ3v) is 4.50. The van der Waals surface area contributed by atoms with E-state index >= 15 is 0 Å². The van der Waals surface area contributed by atoms with Crippen molar-refractivity contribution in [2.75, 3.05) is 0 Å². The Morgan fingerprint density at radius 2 is 1.90 bits per heavy atom. The minimum Gasteiger partial charge on any atom is -0.352 e. The molecule has 1 aromatic rings. The topological polar surface area (TPSA) is 68.0 Å². The first-order valence-electron chi connectivity index (χ1n) is 6.68. The number of rotatable bonds is 3. The van der Waals surface area contributed by atoms with Crippen molar-refractivity contribution < 1.29 is 4.79 Å². The van der Waals surface area contributed by atoms with Gasteiger partial charge in [-0.3, -0.25) is 9.78 Å². The molecule has 2 aliphatic rings. The van der Waals surface area contributed by atoms with Crippen molar-refractivity contribution in [1.82, 2.24) is 10.3 Å². The zero-order chi connectivity index (χ0) is 12.5. The van der Waals surface area contributed by atoms with Crippen molar-refractivity contribution in [2.45, 2.75) is 31.8 Å². The number of pyridine rings is 1. The summed E-state index contributed by atoms with van der Waals surface area (Å²) >= 11 is 0. The highest BCUT2D eigenvalue weighted by molar-refractivity contribution is 5.85. The number of nitrogens with zero attached hydrogens (tertiary/aromatic N) is 1. The molecule has 112 valence electrons. The van der Waals surface area contributed by atoms with Crippen molar-refractivity contribution in [3.63, 3.8) is 0 Å². The Hall–Kier alpha value is -0.840. The second-order valence-corrected chi connectivity index (χ2v) is 5.51. The maximum atomic E-state index is 12.2. The Kier molecular flexibility index (Phi) is 6.24. The lowest BCUT2D eigenvalue weighted by Crippen LogP contribution is -2.45. The molecule has 0 saturated heterocycles. The molecule has 1 aromatic heterocycles. The molecule has 2 fully saturated rings. The molecule has 1 heterocycles. The van der Waals surface area contributed by atoms with Gasteiger partial charge in [0.05, 0.1) is 5.92 Å². The number of halogens is 2. The molecule has 3 N–H and O–H groups in total. The van der Waals surface area contributed by atoms with E-state index in [4.69, 9.17) is 5.73 Å². The molecule has 2 saturated carbocycles. The molecular weight excluding hydrogens is 297 g/mol. The lowest BCUT2D eigenvalue weighted by atomic mass is 9.84. The Labute approximate surface area is 131 Å². The molecule has 0 aromatic carbocycles. The van der Waals surface area contributed by atoms with Crippen LogP contribution in [0.1, 0.15) is 24.8 Å². The molecule has 3 rings (SSSR count). The summed E-state index contributed by atoms with van der Waals surface area (Å²) in [4.78, 5) is 16.2. The zero-order valence-electron chi connectivity index (χ0n) is 11.2. The average Bonchev–Trinajstić information content (AvgIpc) is 2.98. The van der Waals surface area contributed by atoms with Crippen LogP contribution < -0.4 is 11.1 Å². The summed E-state index contributed by atoms with van der Waals surface area (Å²) < 4.78 is 0. The molecule has 1 amide bonds. The lowest BCUT2D eigenvalue weighted by molar-refractivity contribution is -0.127. The van der Waals surface area contributed by atoms with Crippen LogP contribution in [0.3, 0.4) is 0 Å². The van der Waals surface area contributed by atoms with Crippen LogP contribution in [-0.4, -0.2) is 16.9 Å². The van der Waals surface area contributed by atoms with Gasteiger partial charge < -0.3 is 11.1 Å². The summed E-state index contributed by atoms with van der Waals surface area (Å²) in [7, 11) is 0. The van der Waals surface area contributed by atoms with Gasteiger partial charge in [0.1, 0.15) is 0 Å². The van der Waals surface area contributed by atoms with Gasteiger partial charge in [0.15, 0.2) is 0 Å². The molecule has 20 heavy (non-hydrogen) atoms. The van der Waals surface area contributed by atoms with Crippen molar-refractivity contribution in [3.05, 3.63) is 30.1 Å². The second-order valence-electron chi connectivity index (χ2n) is 5.51. The van der Waals surface area contributed by atoms with Crippen LogP contribution in [0.5, 0.6) is 0 Å². The smallest absolute Gasteiger partial charge is 0.225 e. The largest absolute Gasteiger partial charge is 0.352 e. The van der Waals surface area contributed by atoms with Crippen LogP contribution in [0.25, 0.3) is 0 Å². The number of fused-ring (bicyclic) bond motifs is 2. The third kappa shape index (κ3) is 3.25. The van der Waals surface area contributed by atoms with Gasteiger partial charge in [0, 0.05) is 25.0 Å². The van der Waals surface area contributed by atoms with Crippen LogP contribution in [0.15, 0.2) is 24.5 Å². The van der Waals surface area contributed by atoms with Crippen LogP contribution in [0, 0.1) is 17.8 Å². The fourth-order valence-electron chi connectivity index (χ4n) is 3.53. The molecule has 4 nitrogen and oxygen atoms in total. The molecule has 2 aliphatic carbocycles. The highest BCUT2D eigenvalue weighted by atomic mass is 35.5. The summed E-state index contributed by atoms with van der Waals surface area (Å²) in [5.41, 5.74) is 7.24. The van der Waals surface area contributed by atoms with Crippen molar-refractivity contribution in [2.24, 2.45) is 23.5 Å². The van der Waals surface area contributed by atoms with Gasteiger partial charge in [0.2, 0.25) is 5.91 Å². The number of hydrogen-bond acceptors (Lipinski definition) is 3. The summed E-state index contributed by atoms with van der Waals surface area (Å²) in [6.07, 6.45) is 7.01. The van der Waals surface area contributed by atoms with Gasteiger partial charge in [-0.05, 0) is 48.8 Å². The molecule has 6 heteroatoms.